The van der Waals surface area contributed by atoms with Gasteiger partial charge in [0.25, 0.3) is 21.6 Å². The van der Waals surface area contributed by atoms with Gasteiger partial charge in [0, 0.05) is 16.1 Å². The number of nitrogens with one attached hydrogen (secondary N) is 1. The summed E-state index contributed by atoms with van der Waals surface area (Å²) in [6, 6.07) is 16.9. The van der Waals surface area contributed by atoms with Crippen molar-refractivity contribution in [1.82, 2.24) is 5.43 Å². The third-order valence-electron chi connectivity index (χ3n) is 5.22. The Morgan fingerprint density at radius 1 is 1.11 bits per heavy atom. The van der Waals surface area contributed by atoms with Crippen LogP contribution < -0.4 is 14.5 Å². The molecule has 0 fully saturated rings. The number of nitro groups is 1. The highest BCUT2D eigenvalue weighted by Crippen LogP contribution is 2.29. The Morgan fingerprint density at radius 2 is 1.75 bits per heavy atom. The minimum Gasteiger partial charge on any atom is -0.497 e. The second kappa shape index (κ2) is 11.3. The van der Waals surface area contributed by atoms with Crippen LogP contribution in [0.15, 0.2) is 81.2 Å². The summed E-state index contributed by atoms with van der Waals surface area (Å²) in [7, 11) is -2.90. The van der Waals surface area contributed by atoms with Gasteiger partial charge in [-0.2, -0.15) is 5.10 Å². The number of ether oxygens (including phenoxy) is 1. The highest BCUT2D eigenvalue weighted by molar-refractivity contribution is 9.10. The van der Waals surface area contributed by atoms with Crippen molar-refractivity contribution in [3.63, 3.8) is 0 Å². The molecule has 0 heterocycles. The van der Waals surface area contributed by atoms with E-state index in [1.165, 1.54) is 38.3 Å². The SMILES string of the molecule is COc1ccc(N(CC(=O)N/N=C(/C)c2ccc(Br)cc2)S(=O)(=O)c2ccc(C)c([N+](=O)[O-])c2)cc1. The van der Waals surface area contributed by atoms with Gasteiger partial charge >= 0.3 is 0 Å². The molecule has 0 radical (unpaired) electrons. The van der Waals surface area contributed by atoms with Gasteiger partial charge in [0.2, 0.25) is 0 Å². The molecule has 188 valence electrons. The first-order valence-corrected chi connectivity index (χ1v) is 12.8. The van der Waals surface area contributed by atoms with Crippen LogP contribution in [0.2, 0.25) is 0 Å². The number of methoxy groups -OCH3 is 1. The summed E-state index contributed by atoms with van der Waals surface area (Å²) in [6.07, 6.45) is 0. The number of rotatable bonds is 9. The van der Waals surface area contributed by atoms with E-state index in [0.717, 1.165) is 20.4 Å². The molecule has 3 aromatic carbocycles. The van der Waals surface area contributed by atoms with E-state index < -0.39 is 27.4 Å². The maximum absolute atomic E-state index is 13.6. The molecule has 0 atom stereocenters. The monoisotopic (exact) mass is 574 g/mol. The molecule has 0 unspecified atom stereocenters. The van der Waals surface area contributed by atoms with Gasteiger partial charge in [0.1, 0.15) is 12.3 Å². The van der Waals surface area contributed by atoms with Crippen molar-refractivity contribution in [1.29, 1.82) is 0 Å². The van der Waals surface area contributed by atoms with Gasteiger partial charge in [-0.15, -0.1) is 0 Å². The summed E-state index contributed by atoms with van der Waals surface area (Å²) in [5.41, 5.74) is 3.80. The van der Waals surface area contributed by atoms with Crippen molar-refractivity contribution >= 4 is 48.9 Å². The fourth-order valence-electron chi connectivity index (χ4n) is 3.20. The standard InChI is InChI=1S/C24H23BrN4O6S/c1-16-4-13-22(14-23(16)29(31)32)36(33,34)28(20-9-11-21(35-3)12-10-20)15-24(30)27-26-17(2)18-5-7-19(25)8-6-18/h4-14H,15H2,1-3H3,(H,27,30)/b26-17-. The maximum atomic E-state index is 13.6. The van der Waals surface area contributed by atoms with Crippen LogP contribution in [0.5, 0.6) is 5.75 Å². The van der Waals surface area contributed by atoms with Crippen LogP contribution in [0, 0.1) is 17.0 Å². The van der Waals surface area contributed by atoms with Crippen LogP contribution in [0.4, 0.5) is 11.4 Å². The number of carbonyl (C=O) groups is 1. The number of nitro benzene ring substituents is 1. The highest BCUT2D eigenvalue weighted by Gasteiger charge is 2.29. The lowest BCUT2D eigenvalue weighted by atomic mass is 10.1. The number of hydrogen-bond acceptors (Lipinski definition) is 7. The maximum Gasteiger partial charge on any atom is 0.273 e. The second-order valence-corrected chi connectivity index (χ2v) is 10.4. The number of anilines is 1. The molecular weight excluding hydrogens is 552 g/mol. The fraction of sp³-hybridized carbons (Fsp3) is 0.167. The molecule has 36 heavy (non-hydrogen) atoms. The lowest BCUT2D eigenvalue weighted by Crippen LogP contribution is -2.39. The number of hydrogen-bond donors (Lipinski definition) is 1. The highest BCUT2D eigenvalue weighted by atomic mass is 79.9. The first kappa shape index (κ1) is 26.8. The van der Waals surface area contributed by atoms with Crippen LogP contribution in [-0.4, -0.2) is 38.6 Å². The zero-order valence-electron chi connectivity index (χ0n) is 19.6. The average Bonchev–Trinajstić information content (AvgIpc) is 2.86. The molecular formula is C24H23BrN4O6S. The number of aryl methyl sites for hydroxylation is 1. The third kappa shape index (κ3) is 6.26. The van der Waals surface area contributed by atoms with E-state index in [1.807, 2.05) is 24.3 Å². The van der Waals surface area contributed by atoms with E-state index in [0.29, 0.717) is 17.0 Å². The van der Waals surface area contributed by atoms with Crippen LogP contribution in [0.25, 0.3) is 0 Å². The van der Waals surface area contributed by atoms with Crippen molar-refractivity contribution in [2.24, 2.45) is 5.10 Å². The molecule has 0 bridgehead atoms. The van der Waals surface area contributed by atoms with E-state index in [4.69, 9.17) is 4.74 Å². The largest absolute Gasteiger partial charge is 0.497 e. The molecule has 3 aromatic rings. The lowest BCUT2D eigenvalue weighted by Gasteiger charge is -2.24. The average molecular weight is 575 g/mol. The smallest absolute Gasteiger partial charge is 0.273 e. The van der Waals surface area contributed by atoms with Crippen molar-refractivity contribution in [2.75, 3.05) is 18.0 Å². The Hall–Kier alpha value is -3.77. The van der Waals surface area contributed by atoms with Crippen molar-refractivity contribution in [3.05, 3.63) is 92.4 Å². The molecule has 10 nitrogen and oxygen atoms in total. The van der Waals surface area contributed by atoms with Crippen LogP contribution in [0.3, 0.4) is 0 Å². The first-order valence-electron chi connectivity index (χ1n) is 10.5. The summed E-state index contributed by atoms with van der Waals surface area (Å²) >= 11 is 3.35. The van der Waals surface area contributed by atoms with Gasteiger partial charge in [-0.25, -0.2) is 13.8 Å². The predicted octanol–water partition coefficient (Wildman–Crippen LogP) is 4.41. The molecule has 0 saturated carbocycles. The van der Waals surface area contributed by atoms with Crippen molar-refractivity contribution in [2.45, 2.75) is 18.7 Å². The molecule has 0 aromatic heterocycles. The molecule has 0 aliphatic heterocycles. The normalized spacial score (nSPS) is 11.6. The van der Waals surface area contributed by atoms with Crippen LogP contribution in [-0.2, 0) is 14.8 Å². The van der Waals surface area contributed by atoms with E-state index in [9.17, 15) is 23.3 Å². The van der Waals surface area contributed by atoms with Crippen LogP contribution in [0.1, 0.15) is 18.1 Å². The Balaban J connectivity index is 1.94. The van der Waals surface area contributed by atoms with Crippen molar-refractivity contribution < 1.29 is 22.9 Å². The Labute approximate surface area is 216 Å². The van der Waals surface area contributed by atoms with Gasteiger partial charge in [-0.1, -0.05) is 34.1 Å². The Bertz CT molecular complexity index is 1410. The topological polar surface area (TPSA) is 131 Å². The number of benzene rings is 3. The minimum atomic E-state index is -4.36. The van der Waals surface area contributed by atoms with Gasteiger partial charge in [0.15, 0.2) is 0 Å². The van der Waals surface area contributed by atoms with Crippen molar-refractivity contribution in [3.8, 4) is 5.75 Å². The fourth-order valence-corrected chi connectivity index (χ4v) is 4.91. The van der Waals surface area contributed by atoms with Gasteiger partial charge in [-0.3, -0.25) is 19.2 Å². The number of hydrazone groups is 1. The van der Waals surface area contributed by atoms with E-state index in [-0.39, 0.29) is 16.3 Å². The Kier molecular flexibility index (Phi) is 8.43. The number of amides is 1. The van der Waals surface area contributed by atoms with Gasteiger partial charge < -0.3 is 4.74 Å². The molecule has 3 rings (SSSR count). The van der Waals surface area contributed by atoms with Crippen LogP contribution >= 0.6 is 15.9 Å². The van der Waals surface area contributed by atoms with E-state index in [2.05, 4.69) is 26.5 Å². The van der Waals surface area contributed by atoms with Gasteiger partial charge in [-0.05, 0) is 61.9 Å². The summed E-state index contributed by atoms with van der Waals surface area (Å²) in [5, 5.41) is 15.4. The summed E-state index contributed by atoms with van der Waals surface area (Å²) in [5.74, 6) is -0.214. The van der Waals surface area contributed by atoms with E-state index >= 15 is 0 Å². The summed E-state index contributed by atoms with van der Waals surface area (Å²) < 4.78 is 34.0. The zero-order valence-corrected chi connectivity index (χ0v) is 22.0. The molecule has 0 aliphatic carbocycles. The molecule has 0 aliphatic rings. The lowest BCUT2D eigenvalue weighted by molar-refractivity contribution is -0.385. The van der Waals surface area contributed by atoms with E-state index in [1.54, 1.807) is 19.1 Å². The molecule has 0 spiro atoms. The number of carbonyl (C=O) groups excluding carboxylic acids is 1. The molecule has 12 heteroatoms. The molecule has 1 N–H and O–H groups in total. The third-order valence-corrected chi connectivity index (χ3v) is 7.52. The molecule has 0 saturated heterocycles. The zero-order chi connectivity index (χ0) is 26.5. The summed E-state index contributed by atoms with van der Waals surface area (Å²) in [4.78, 5) is 23.2. The first-order chi connectivity index (χ1) is 17.0. The number of halogens is 1. The predicted molar refractivity (Wildman–Crippen MR) is 140 cm³/mol. The number of nitrogens with zero attached hydrogens (tertiary/aromatic N) is 3. The molecule has 1 amide bonds. The minimum absolute atomic E-state index is 0.169. The quantitative estimate of drug-likeness (QED) is 0.229. The second-order valence-electron chi connectivity index (χ2n) is 7.65. The summed E-state index contributed by atoms with van der Waals surface area (Å²) in [6.45, 7) is 2.59. The number of sulfonamides is 1. The van der Waals surface area contributed by atoms with Gasteiger partial charge in [0.05, 0.1) is 28.3 Å². The Morgan fingerprint density at radius 3 is 2.33 bits per heavy atom.